The molecular weight excluding hydrogens is 311 g/mol. The van der Waals surface area contributed by atoms with Crippen LogP contribution in [0.15, 0.2) is 24.3 Å². The maximum absolute atomic E-state index is 11.6. The van der Waals surface area contributed by atoms with Crippen molar-refractivity contribution in [1.29, 1.82) is 0 Å². The van der Waals surface area contributed by atoms with E-state index in [-0.39, 0.29) is 6.42 Å². The highest BCUT2D eigenvalue weighted by molar-refractivity contribution is 6.32. The Morgan fingerprint density at radius 2 is 2.05 bits per heavy atom. The normalized spacial score (nSPS) is 12.4. The van der Waals surface area contributed by atoms with Crippen molar-refractivity contribution in [1.82, 2.24) is 9.78 Å². The van der Waals surface area contributed by atoms with Crippen molar-refractivity contribution in [3.63, 3.8) is 0 Å². The number of benzene rings is 1. The lowest BCUT2D eigenvalue weighted by Crippen LogP contribution is -2.17. The summed E-state index contributed by atoms with van der Waals surface area (Å²) in [5, 5.41) is 14.8. The van der Waals surface area contributed by atoms with Crippen LogP contribution in [-0.4, -0.2) is 20.9 Å². The molecule has 0 fully saturated rings. The van der Waals surface area contributed by atoms with Crippen LogP contribution in [0.25, 0.3) is 0 Å². The molecule has 1 aromatic carbocycles. The quantitative estimate of drug-likeness (QED) is 0.905. The summed E-state index contributed by atoms with van der Waals surface area (Å²) < 4.78 is 1.74. The van der Waals surface area contributed by atoms with Crippen molar-refractivity contribution < 1.29 is 9.90 Å². The highest BCUT2D eigenvalue weighted by Gasteiger charge is 2.26. The van der Waals surface area contributed by atoms with Gasteiger partial charge in [0.2, 0.25) is 0 Å². The molecule has 112 valence electrons. The third-order valence-corrected chi connectivity index (χ3v) is 4.26. The minimum absolute atomic E-state index is 0.257. The fourth-order valence-corrected chi connectivity index (χ4v) is 2.83. The van der Waals surface area contributed by atoms with Crippen LogP contribution in [0.4, 0.5) is 0 Å². The first-order valence-electron chi connectivity index (χ1n) is 6.64. The smallest absolute Gasteiger partial charge is 0.311 e. The third-order valence-electron chi connectivity index (χ3n) is 3.43. The number of aromatic nitrogens is 2. The lowest BCUT2D eigenvalue weighted by Gasteiger charge is -2.15. The highest BCUT2D eigenvalue weighted by atomic mass is 35.5. The summed E-state index contributed by atoms with van der Waals surface area (Å²) in [6.07, 6.45) is 0.257. The van der Waals surface area contributed by atoms with E-state index in [1.165, 1.54) is 0 Å². The van der Waals surface area contributed by atoms with Crippen molar-refractivity contribution in [2.45, 2.75) is 32.7 Å². The Hall–Kier alpha value is -1.52. The van der Waals surface area contributed by atoms with E-state index in [0.29, 0.717) is 27.8 Å². The van der Waals surface area contributed by atoms with Crippen molar-refractivity contribution in [2.75, 3.05) is 0 Å². The third kappa shape index (κ3) is 3.22. The number of rotatable bonds is 5. The number of aryl methyl sites for hydroxylation is 2. The molecule has 21 heavy (non-hydrogen) atoms. The predicted molar refractivity (Wildman–Crippen MR) is 83.2 cm³/mol. The standard InChI is InChI=1S/C15H16Cl2N2O2/c1-3-19-13(14(17)9(2)18-19)8-11(15(20)21)10-6-4-5-7-12(10)16/h4-7,11H,3,8H2,1-2H3,(H,20,21). The van der Waals surface area contributed by atoms with Crippen LogP contribution in [-0.2, 0) is 17.8 Å². The molecule has 1 aromatic heterocycles. The Kier molecular flexibility index (Phi) is 4.91. The minimum Gasteiger partial charge on any atom is -0.481 e. The van der Waals surface area contributed by atoms with E-state index >= 15 is 0 Å². The maximum Gasteiger partial charge on any atom is 0.311 e. The van der Waals surface area contributed by atoms with E-state index in [1.807, 2.05) is 13.8 Å². The average Bonchev–Trinajstić information content (AvgIpc) is 2.72. The van der Waals surface area contributed by atoms with E-state index in [2.05, 4.69) is 5.10 Å². The van der Waals surface area contributed by atoms with Gasteiger partial charge >= 0.3 is 5.97 Å². The second-order valence-corrected chi connectivity index (χ2v) is 5.56. The monoisotopic (exact) mass is 326 g/mol. The molecule has 2 aromatic rings. The van der Waals surface area contributed by atoms with Gasteiger partial charge < -0.3 is 5.11 Å². The molecule has 1 atom stereocenters. The Labute approximate surface area is 133 Å². The van der Waals surface area contributed by atoms with Crippen molar-refractivity contribution >= 4 is 29.2 Å². The van der Waals surface area contributed by atoms with Gasteiger partial charge in [-0.25, -0.2) is 0 Å². The Balaban J connectivity index is 2.43. The molecule has 4 nitrogen and oxygen atoms in total. The van der Waals surface area contributed by atoms with Crippen LogP contribution in [0.2, 0.25) is 10.0 Å². The van der Waals surface area contributed by atoms with Gasteiger partial charge in [-0.15, -0.1) is 0 Å². The zero-order valence-electron chi connectivity index (χ0n) is 11.8. The molecule has 2 rings (SSSR count). The summed E-state index contributed by atoms with van der Waals surface area (Å²) in [4.78, 5) is 11.6. The summed E-state index contributed by atoms with van der Waals surface area (Å²) in [6, 6.07) is 6.98. The zero-order valence-corrected chi connectivity index (χ0v) is 13.3. The summed E-state index contributed by atoms with van der Waals surface area (Å²) >= 11 is 12.4. The van der Waals surface area contributed by atoms with E-state index < -0.39 is 11.9 Å². The predicted octanol–water partition coefficient (Wildman–Crippen LogP) is 3.93. The van der Waals surface area contributed by atoms with Crippen LogP contribution < -0.4 is 0 Å². The van der Waals surface area contributed by atoms with E-state index in [9.17, 15) is 9.90 Å². The molecule has 1 heterocycles. The van der Waals surface area contributed by atoms with Gasteiger partial charge in [0, 0.05) is 18.0 Å². The molecule has 0 spiro atoms. The fourth-order valence-electron chi connectivity index (χ4n) is 2.35. The molecule has 1 N–H and O–H groups in total. The number of carbonyl (C=O) groups is 1. The van der Waals surface area contributed by atoms with Crippen LogP contribution in [0, 0.1) is 6.92 Å². The Bertz CT molecular complexity index is 668. The number of halogens is 2. The molecule has 1 unspecified atom stereocenters. The molecule has 0 aliphatic carbocycles. The molecule has 0 amide bonds. The van der Waals surface area contributed by atoms with Crippen LogP contribution in [0.1, 0.15) is 29.8 Å². The van der Waals surface area contributed by atoms with Crippen LogP contribution in [0.5, 0.6) is 0 Å². The van der Waals surface area contributed by atoms with Crippen LogP contribution >= 0.6 is 23.2 Å². The van der Waals surface area contributed by atoms with Gasteiger partial charge in [-0.05, 0) is 25.5 Å². The average molecular weight is 327 g/mol. The number of aliphatic carboxylic acids is 1. The fraction of sp³-hybridized carbons (Fsp3) is 0.333. The second-order valence-electron chi connectivity index (χ2n) is 4.78. The summed E-state index contributed by atoms with van der Waals surface area (Å²) in [7, 11) is 0. The van der Waals surface area contributed by atoms with Gasteiger partial charge in [-0.2, -0.15) is 5.10 Å². The number of carboxylic acid groups (broad SMARTS) is 1. The zero-order chi connectivity index (χ0) is 15.6. The highest BCUT2D eigenvalue weighted by Crippen LogP contribution is 2.31. The Morgan fingerprint density at radius 3 is 2.62 bits per heavy atom. The molecule has 0 aliphatic rings. The molecule has 0 bridgehead atoms. The first kappa shape index (κ1) is 15.9. The molecule has 0 radical (unpaired) electrons. The molecule has 0 saturated heterocycles. The van der Waals surface area contributed by atoms with Gasteiger partial charge in [0.25, 0.3) is 0 Å². The SMILES string of the molecule is CCn1nc(C)c(Cl)c1CC(C(=O)O)c1ccccc1Cl. The number of nitrogens with zero attached hydrogens (tertiary/aromatic N) is 2. The number of carboxylic acids is 1. The number of hydrogen-bond donors (Lipinski definition) is 1. The van der Waals surface area contributed by atoms with Gasteiger partial charge in [-0.1, -0.05) is 41.4 Å². The van der Waals surface area contributed by atoms with Gasteiger partial charge in [0.05, 0.1) is 22.3 Å². The van der Waals surface area contributed by atoms with Crippen molar-refractivity contribution in [3.8, 4) is 0 Å². The lowest BCUT2D eigenvalue weighted by molar-refractivity contribution is -0.138. The van der Waals surface area contributed by atoms with E-state index in [0.717, 1.165) is 5.69 Å². The van der Waals surface area contributed by atoms with E-state index in [4.69, 9.17) is 23.2 Å². The summed E-state index contributed by atoms with van der Waals surface area (Å²) in [5.41, 5.74) is 2.02. The molecule has 0 aliphatic heterocycles. The van der Waals surface area contributed by atoms with Gasteiger partial charge in [0.1, 0.15) is 0 Å². The second kappa shape index (κ2) is 6.50. The minimum atomic E-state index is -0.930. The van der Waals surface area contributed by atoms with Crippen molar-refractivity contribution in [2.24, 2.45) is 0 Å². The molecule has 6 heteroatoms. The van der Waals surface area contributed by atoms with Gasteiger partial charge in [0.15, 0.2) is 0 Å². The lowest BCUT2D eigenvalue weighted by atomic mass is 9.94. The summed E-state index contributed by atoms with van der Waals surface area (Å²) in [5.74, 6) is -1.68. The Morgan fingerprint density at radius 1 is 1.38 bits per heavy atom. The first-order chi connectivity index (χ1) is 9.95. The van der Waals surface area contributed by atoms with E-state index in [1.54, 1.807) is 28.9 Å². The molecular formula is C15H16Cl2N2O2. The number of hydrogen-bond acceptors (Lipinski definition) is 2. The van der Waals surface area contributed by atoms with Crippen molar-refractivity contribution in [3.05, 3.63) is 51.3 Å². The molecule has 0 saturated carbocycles. The topological polar surface area (TPSA) is 55.1 Å². The largest absolute Gasteiger partial charge is 0.481 e. The summed E-state index contributed by atoms with van der Waals surface area (Å²) in [6.45, 7) is 4.39. The first-order valence-corrected chi connectivity index (χ1v) is 7.40. The maximum atomic E-state index is 11.6. The van der Waals surface area contributed by atoms with Gasteiger partial charge in [-0.3, -0.25) is 9.48 Å². The van der Waals surface area contributed by atoms with Crippen LogP contribution in [0.3, 0.4) is 0 Å².